The molecule has 0 radical (unpaired) electrons. The molecule has 2 rings (SSSR count). The lowest BCUT2D eigenvalue weighted by atomic mass is 10.0. The molecular formula is C16H25NO3S. The van der Waals surface area contributed by atoms with Crippen molar-refractivity contribution < 1.29 is 13.5 Å². The first-order valence-corrected chi connectivity index (χ1v) is 8.67. The van der Waals surface area contributed by atoms with Gasteiger partial charge in [-0.1, -0.05) is 33.8 Å². The minimum atomic E-state index is -3.58. The van der Waals surface area contributed by atoms with Gasteiger partial charge in [-0.25, -0.2) is 13.1 Å². The van der Waals surface area contributed by atoms with Gasteiger partial charge in [0.25, 0.3) is 0 Å². The maximum atomic E-state index is 12.7. The lowest BCUT2D eigenvalue weighted by Crippen LogP contribution is -2.30. The van der Waals surface area contributed by atoms with Crippen LogP contribution < -0.4 is 4.72 Å². The number of hydrogen-bond acceptors (Lipinski definition) is 3. The summed E-state index contributed by atoms with van der Waals surface area (Å²) in [5.74, 6) is 0. The van der Waals surface area contributed by atoms with Crippen LogP contribution in [0.3, 0.4) is 0 Å². The van der Waals surface area contributed by atoms with Gasteiger partial charge in [0.1, 0.15) is 0 Å². The number of aryl methyl sites for hydroxylation is 2. The minimum Gasteiger partial charge on any atom is -0.392 e. The van der Waals surface area contributed by atoms with Crippen LogP contribution in [-0.2, 0) is 16.6 Å². The van der Waals surface area contributed by atoms with Crippen molar-refractivity contribution in [3.05, 3.63) is 28.8 Å². The second-order valence-electron chi connectivity index (χ2n) is 7.20. The largest absolute Gasteiger partial charge is 0.392 e. The zero-order valence-electron chi connectivity index (χ0n) is 13.6. The SMILES string of the molecule is Cc1cc(C)c(S(=O)(=O)NC2C(C)(C)C2(C)C)cc1CO. The van der Waals surface area contributed by atoms with Gasteiger partial charge in [0.15, 0.2) is 0 Å². The van der Waals surface area contributed by atoms with Crippen molar-refractivity contribution in [1.29, 1.82) is 0 Å². The van der Waals surface area contributed by atoms with Crippen LogP contribution in [-0.4, -0.2) is 19.6 Å². The highest BCUT2D eigenvalue weighted by Gasteiger charge is 2.66. The first-order valence-electron chi connectivity index (χ1n) is 7.18. The molecule has 1 aliphatic carbocycles. The van der Waals surface area contributed by atoms with Crippen LogP contribution in [0.5, 0.6) is 0 Å². The second kappa shape index (κ2) is 4.80. The zero-order valence-corrected chi connectivity index (χ0v) is 14.4. The maximum absolute atomic E-state index is 12.7. The molecule has 21 heavy (non-hydrogen) atoms. The van der Waals surface area contributed by atoms with Gasteiger partial charge in [-0.3, -0.25) is 0 Å². The topological polar surface area (TPSA) is 66.4 Å². The van der Waals surface area contributed by atoms with E-state index in [4.69, 9.17) is 0 Å². The molecular weight excluding hydrogens is 286 g/mol. The Kier molecular flexibility index (Phi) is 3.76. The summed E-state index contributed by atoms with van der Waals surface area (Å²) in [7, 11) is -3.58. The Labute approximate surface area is 127 Å². The summed E-state index contributed by atoms with van der Waals surface area (Å²) in [5.41, 5.74) is 2.14. The summed E-state index contributed by atoms with van der Waals surface area (Å²) in [6, 6.07) is 3.31. The molecule has 0 aliphatic heterocycles. The fraction of sp³-hybridized carbons (Fsp3) is 0.625. The van der Waals surface area contributed by atoms with E-state index in [0.717, 1.165) is 5.56 Å². The molecule has 1 aromatic carbocycles. The summed E-state index contributed by atoms with van der Waals surface area (Å²) < 4.78 is 28.2. The van der Waals surface area contributed by atoms with E-state index in [0.29, 0.717) is 11.1 Å². The number of sulfonamides is 1. The Balaban J connectivity index is 2.38. The van der Waals surface area contributed by atoms with Gasteiger partial charge >= 0.3 is 0 Å². The Hall–Kier alpha value is -0.910. The first-order chi connectivity index (χ1) is 9.45. The molecule has 2 N–H and O–H groups in total. The van der Waals surface area contributed by atoms with Gasteiger partial charge in [0.05, 0.1) is 11.5 Å². The van der Waals surface area contributed by atoms with E-state index in [1.54, 1.807) is 13.0 Å². The Morgan fingerprint density at radius 1 is 1.10 bits per heavy atom. The summed E-state index contributed by atoms with van der Waals surface area (Å²) in [6.45, 7) is 11.8. The van der Waals surface area contributed by atoms with E-state index in [-0.39, 0.29) is 28.4 Å². The smallest absolute Gasteiger partial charge is 0.241 e. The third-order valence-corrected chi connectivity index (χ3v) is 6.95. The number of rotatable bonds is 4. The highest BCUT2D eigenvalue weighted by atomic mass is 32.2. The summed E-state index contributed by atoms with van der Waals surface area (Å²) in [5, 5.41) is 9.34. The molecule has 5 heteroatoms. The number of benzene rings is 1. The molecule has 0 amide bonds. The fourth-order valence-corrected chi connectivity index (χ4v) is 4.85. The van der Waals surface area contributed by atoms with E-state index in [2.05, 4.69) is 32.4 Å². The van der Waals surface area contributed by atoms with Crippen LogP contribution in [0.2, 0.25) is 0 Å². The molecule has 1 saturated carbocycles. The van der Waals surface area contributed by atoms with Gasteiger partial charge in [0, 0.05) is 6.04 Å². The number of aliphatic hydroxyl groups is 1. The Bertz CT molecular complexity index is 661. The molecule has 0 unspecified atom stereocenters. The lowest BCUT2D eigenvalue weighted by Gasteiger charge is -2.13. The van der Waals surface area contributed by atoms with Crippen molar-refractivity contribution in [2.24, 2.45) is 10.8 Å². The van der Waals surface area contributed by atoms with Crippen molar-refractivity contribution in [3.8, 4) is 0 Å². The number of nitrogens with one attached hydrogen (secondary N) is 1. The zero-order chi connectivity index (χ0) is 16.2. The van der Waals surface area contributed by atoms with Crippen LogP contribution in [0.4, 0.5) is 0 Å². The normalized spacial score (nSPS) is 20.5. The summed E-state index contributed by atoms with van der Waals surface area (Å²) in [4.78, 5) is 0.260. The van der Waals surface area contributed by atoms with Crippen molar-refractivity contribution in [3.63, 3.8) is 0 Å². The molecule has 118 valence electrons. The first kappa shape index (κ1) is 16.5. The van der Waals surface area contributed by atoms with Gasteiger partial charge in [-0.05, 0) is 47.4 Å². The molecule has 0 heterocycles. The van der Waals surface area contributed by atoms with Crippen LogP contribution in [0, 0.1) is 24.7 Å². The van der Waals surface area contributed by atoms with Crippen LogP contribution in [0.1, 0.15) is 44.4 Å². The molecule has 0 atom stereocenters. The van der Waals surface area contributed by atoms with Crippen molar-refractivity contribution in [1.82, 2.24) is 4.72 Å². The molecule has 0 spiro atoms. The van der Waals surface area contributed by atoms with Crippen LogP contribution >= 0.6 is 0 Å². The highest BCUT2D eigenvalue weighted by molar-refractivity contribution is 7.89. The molecule has 0 saturated heterocycles. The second-order valence-corrected chi connectivity index (χ2v) is 8.88. The van der Waals surface area contributed by atoms with E-state index in [1.807, 2.05) is 13.0 Å². The van der Waals surface area contributed by atoms with Crippen LogP contribution in [0.15, 0.2) is 17.0 Å². The van der Waals surface area contributed by atoms with Gasteiger partial charge in [-0.2, -0.15) is 0 Å². The minimum absolute atomic E-state index is 0.0571. The lowest BCUT2D eigenvalue weighted by molar-refractivity contribution is 0.280. The number of aliphatic hydroxyl groups excluding tert-OH is 1. The molecule has 1 aromatic rings. The standard InChI is InChI=1S/C16H25NO3S/c1-10-7-11(2)13(8-12(10)9-18)21(19,20)17-14-15(3,4)16(14,5)6/h7-8,14,17-18H,9H2,1-6H3. The Morgan fingerprint density at radius 2 is 1.62 bits per heavy atom. The van der Waals surface area contributed by atoms with Crippen molar-refractivity contribution in [2.45, 2.75) is 59.1 Å². The predicted octanol–water partition coefficient (Wildman–Crippen LogP) is 2.51. The molecule has 4 nitrogen and oxygen atoms in total. The third kappa shape index (κ3) is 2.51. The average molecular weight is 311 g/mol. The molecule has 1 aliphatic rings. The fourth-order valence-electron chi connectivity index (χ4n) is 3.04. The summed E-state index contributed by atoms with van der Waals surface area (Å²) in [6.07, 6.45) is 0. The molecule has 1 fully saturated rings. The third-order valence-electron chi connectivity index (χ3n) is 5.39. The quantitative estimate of drug-likeness (QED) is 0.898. The summed E-state index contributed by atoms with van der Waals surface area (Å²) >= 11 is 0. The highest BCUT2D eigenvalue weighted by Crippen LogP contribution is 2.63. The van der Waals surface area contributed by atoms with Gasteiger partial charge in [0.2, 0.25) is 10.0 Å². The molecule has 0 bridgehead atoms. The Morgan fingerprint density at radius 3 is 2.05 bits per heavy atom. The van der Waals surface area contributed by atoms with Crippen LogP contribution in [0.25, 0.3) is 0 Å². The van der Waals surface area contributed by atoms with Crippen molar-refractivity contribution in [2.75, 3.05) is 0 Å². The number of hydrogen-bond donors (Lipinski definition) is 2. The monoisotopic (exact) mass is 311 g/mol. The van der Waals surface area contributed by atoms with E-state index >= 15 is 0 Å². The van der Waals surface area contributed by atoms with E-state index < -0.39 is 10.0 Å². The van der Waals surface area contributed by atoms with E-state index in [9.17, 15) is 13.5 Å². The maximum Gasteiger partial charge on any atom is 0.241 e. The van der Waals surface area contributed by atoms with E-state index in [1.165, 1.54) is 0 Å². The van der Waals surface area contributed by atoms with Gasteiger partial charge in [-0.15, -0.1) is 0 Å². The predicted molar refractivity (Wildman–Crippen MR) is 83.5 cm³/mol. The van der Waals surface area contributed by atoms with Gasteiger partial charge < -0.3 is 5.11 Å². The average Bonchev–Trinajstić information content (AvgIpc) is 2.71. The van der Waals surface area contributed by atoms with Crippen molar-refractivity contribution >= 4 is 10.0 Å². The molecule has 0 aromatic heterocycles.